The summed E-state index contributed by atoms with van der Waals surface area (Å²) >= 11 is 0. The molecule has 13 aromatic rings. The van der Waals surface area contributed by atoms with Gasteiger partial charge in [0.05, 0.1) is 5.39 Å². The van der Waals surface area contributed by atoms with Gasteiger partial charge in [0.25, 0.3) is 5.65 Å². The van der Waals surface area contributed by atoms with Gasteiger partial charge in [-0.15, -0.1) is 47.2 Å². The van der Waals surface area contributed by atoms with Crippen LogP contribution >= 0.6 is 0 Å². The molecule has 5 nitrogen and oxygen atoms in total. The van der Waals surface area contributed by atoms with Crippen molar-refractivity contribution in [3.05, 3.63) is 228 Å². The number of fused-ring (bicyclic) bond motifs is 9. The van der Waals surface area contributed by atoms with Crippen molar-refractivity contribution < 1.29 is 30.4 Å². The third kappa shape index (κ3) is 7.20. The topological polar surface area (TPSA) is 27.4 Å². The number of nitrogens with zero attached hydrogens (tertiary/aromatic N) is 4. The largest absolute Gasteiger partial charge is 4.00 e. The molecule has 4 aromatic heterocycles. The van der Waals surface area contributed by atoms with Gasteiger partial charge in [-0.1, -0.05) is 123 Å². The summed E-state index contributed by atoms with van der Waals surface area (Å²) < 4.78 is 15.8. The molecule has 0 aliphatic carbocycles. The molecule has 0 N–H and O–H groups in total. The van der Waals surface area contributed by atoms with Gasteiger partial charge in [-0.2, -0.15) is 65.1 Å². The van der Waals surface area contributed by atoms with Gasteiger partial charge < -0.3 is 13.9 Å². The molecule has 5 heterocycles. The van der Waals surface area contributed by atoms with Crippen molar-refractivity contribution >= 4 is 70.9 Å². The van der Waals surface area contributed by atoms with E-state index in [0.29, 0.717) is 23.3 Å². The summed E-state index contributed by atoms with van der Waals surface area (Å²) in [6.07, 6.45) is 2.41. The summed E-state index contributed by atoms with van der Waals surface area (Å²) in [5, 5.41) is 8.74. The van der Waals surface area contributed by atoms with Crippen molar-refractivity contribution in [2.45, 2.75) is 59.9 Å². The molecule has 6 heteroatoms. The fourth-order valence-corrected chi connectivity index (χ4v) is 11.3. The molecule has 14 rings (SSSR count). The van der Waals surface area contributed by atoms with Crippen LogP contribution in [0.2, 0.25) is 0 Å². The third-order valence-corrected chi connectivity index (χ3v) is 14.7. The maximum atomic E-state index is 6.41. The molecule has 350 valence electrons. The van der Waals surface area contributed by atoms with E-state index < -0.39 is 0 Å². The molecule has 1 aliphatic rings. The zero-order chi connectivity index (χ0) is 48.1. The van der Waals surface area contributed by atoms with Crippen LogP contribution in [0.4, 0.5) is 0 Å². The summed E-state index contributed by atoms with van der Waals surface area (Å²) in [5.41, 5.74) is 18.5. The Labute approximate surface area is 434 Å². The Morgan fingerprint density at radius 3 is 1.60 bits per heavy atom. The number of rotatable bonds is 7. The number of benzene rings is 9. The van der Waals surface area contributed by atoms with Crippen LogP contribution in [0.3, 0.4) is 0 Å². The van der Waals surface area contributed by atoms with Crippen molar-refractivity contribution in [1.29, 1.82) is 0 Å². The second kappa shape index (κ2) is 17.8. The summed E-state index contributed by atoms with van der Waals surface area (Å²) in [6, 6.07) is 73.3. The van der Waals surface area contributed by atoms with E-state index >= 15 is 0 Å². The van der Waals surface area contributed by atoms with Crippen LogP contribution in [0.25, 0.3) is 93.6 Å². The third-order valence-electron chi connectivity index (χ3n) is 14.7. The van der Waals surface area contributed by atoms with Crippen LogP contribution in [0.1, 0.15) is 67.3 Å². The van der Waals surface area contributed by atoms with Gasteiger partial charge in [0.2, 0.25) is 0 Å². The minimum atomic E-state index is 0. The van der Waals surface area contributed by atoms with E-state index in [4.69, 9.17) is 4.74 Å². The fraction of sp³-hybridized carbons (Fsp3) is 0.136. The smallest absolute Gasteiger partial charge is 0.509 e. The molecule has 72 heavy (non-hydrogen) atoms. The van der Waals surface area contributed by atoms with E-state index in [2.05, 4.69) is 211 Å². The molecule has 1 aliphatic heterocycles. The Morgan fingerprint density at radius 2 is 1.04 bits per heavy atom. The maximum Gasteiger partial charge on any atom is 4.00 e. The second-order valence-corrected chi connectivity index (χ2v) is 19.7. The summed E-state index contributed by atoms with van der Waals surface area (Å²) in [4.78, 5) is 0. The van der Waals surface area contributed by atoms with Crippen LogP contribution in [-0.4, -0.2) is 13.5 Å². The quantitative estimate of drug-likeness (QED) is 0.0888. The van der Waals surface area contributed by atoms with Gasteiger partial charge in [0.1, 0.15) is 18.3 Å². The Kier molecular flexibility index (Phi) is 11.3. The summed E-state index contributed by atoms with van der Waals surface area (Å²) in [6.45, 7) is 14.7. The van der Waals surface area contributed by atoms with Gasteiger partial charge in [-0.3, -0.25) is 0 Å². The molecule has 0 fully saturated rings. The van der Waals surface area contributed by atoms with Gasteiger partial charge in [-0.25, -0.2) is 4.57 Å². The monoisotopic (exact) mass is 1110 g/mol. The first-order chi connectivity index (χ1) is 34.7. The molecule has 9 aromatic carbocycles. The number of aromatic nitrogens is 4. The minimum Gasteiger partial charge on any atom is -0.509 e. The Bertz CT molecular complexity index is 4070. The zero-order valence-electron chi connectivity index (χ0n) is 41.1. The molecular formula is C66H51N4OPt+. The van der Waals surface area contributed by atoms with Gasteiger partial charge in [0, 0.05) is 44.4 Å². The standard InChI is InChI=1S/C36H20N2O.C30H31N2.Pt/c1-3-11-25(12-4-1)37-33-17-9-7-15-29(33)31-21-19-27(23-35(31)37)39-28-20-22-32-30-16-8-10-18-34(30)38(36(32)24-28)26-13-5-2-6-14-26;1-17(2)22-10-8-11-23(18(3)4)29(22)27-16-31-15-21-9-7-12-24-25-13-19(5)20(6)14-26(25)32(27)30(31)28(21)24;/h1-11,13,15-22H;7-14,16-18H,15H2,1-6H3;/q-4;+1;+4. The summed E-state index contributed by atoms with van der Waals surface area (Å²) in [7, 11) is 0. The molecule has 0 radical (unpaired) electrons. The molecule has 0 bridgehead atoms. The average Bonchev–Trinajstić information content (AvgIpc) is 4.14. The van der Waals surface area contributed by atoms with Gasteiger partial charge in [-0.05, 0) is 83.0 Å². The van der Waals surface area contributed by atoms with E-state index in [1.165, 1.54) is 77.2 Å². The predicted molar refractivity (Wildman–Crippen MR) is 292 cm³/mol. The molecular weight excluding hydrogens is 1060 g/mol. The summed E-state index contributed by atoms with van der Waals surface area (Å²) in [5.74, 6) is 2.20. The number of pyridine rings is 1. The molecule has 0 unspecified atom stereocenters. The Morgan fingerprint density at radius 1 is 0.514 bits per heavy atom. The number of para-hydroxylation sites is 4. The normalized spacial score (nSPS) is 12.1. The van der Waals surface area contributed by atoms with Crippen molar-refractivity contribution in [3.63, 3.8) is 0 Å². The van der Waals surface area contributed by atoms with Gasteiger partial charge >= 0.3 is 21.1 Å². The van der Waals surface area contributed by atoms with E-state index in [9.17, 15) is 0 Å². The van der Waals surface area contributed by atoms with Gasteiger partial charge in [0.15, 0.2) is 5.69 Å². The fourth-order valence-electron chi connectivity index (χ4n) is 11.3. The van der Waals surface area contributed by atoms with Crippen molar-refractivity contribution in [3.8, 4) is 34.1 Å². The SMILES string of the molecule is Cc1cc2c3cccc4c3c3n(c(-c5c(C(C)C)cccc5C(C)C)c[n+]3C4)c2cc1C.[Pt+4].[c-]1ccccc1-n1c2[c-]c(Oc3[c-]c4c(cc3)c3ccccc3n4-c3[c-]cccc3)ccc2c2ccccc21. The van der Waals surface area contributed by atoms with Crippen molar-refractivity contribution in [2.75, 3.05) is 0 Å². The predicted octanol–water partition coefficient (Wildman–Crippen LogP) is 16.3. The first-order valence-corrected chi connectivity index (χ1v) is 24.8. The number of hydrogen-bond donors (Lipinski definition) is 0. The van der Waals surface area contributed by atoms with E-state index in [-0.39, 0.29) is 21.1 Å². The van der Waals surface area contributed by atoms with Crippen LogP contribution in [0.5, 0.6) is 11.5 Å². The molecule has 0 spiro atoms. The van der Waals surface area contributed by atoms with E-state index in [1.54, 1.807) is 0 Å². The number of ether oxygens (including phenoxy) is 1. The average molecular weight is 1110 g/mol. The van der Waals surface area contributed by atoms with Crippen LogP contribution in [0.15, 0.2) is 176 Å². The minimum absolute atomic E-state index is 0. The van der Waals surface area contributed by atoms with E-state index in [1.807, 2.05) is 48.5 Å². The number of aryl methyl sites for hydroxylation is 2. The van der Waals surface area contributed by atoms with E-state index in [0.717, 1.165) is 50.8 Å². The number of imidazole rings is 1. The molecule has 0 atom stereocenters. The van der Waals surface area contributed by atoms with Crippen LogP contribution in [0, 0.1) is 38.1 Å². The molecule has 0 saturated heterocycles. The van der Waals surface area contributed by atoms with Crippen LogP contribution < -0.4 is 9.30 Å². The Hall–Kier alpha value is -7.72. The first kappa shape index (κ1) is 45.4. The Balaban J connectivity index is 0.000000148. The first-order valence-electron chi connectivity index (χ1n) is 24.8. The zero-order valence-corrected chi connectivity index (χ0v) is 43.4. The van der Waals surface area contributed by atoms with Crippen molar-refractivity contribution in [2.24, 2.45) is 0 Å². The van der Waals surface area contributed by atoms with Crippen LogP contribution in [-0.2, 0) is 27.6 Å². The second-order valence-electron chi connectivity index (χ2n) is 19.7. The number of hydrogen-bond acceptors (Lipinski definition) is 1. The molecule has 0 saturated carbocycles. The molecule has 0 amide bonds. The maximum absolute atomic E-state index is 6.41. The van der Waals surface area contributed by atoms with Crippen molar-refractivity contribution in [1.82, 2.24) is 13.5 Å².